The summed E-state index contributed by atoms with van der Waals surface area (Å²) in [5.41, 5.74) is 0.587. The molecule has 8 heteroatoms. The molecule has 1 aliphatic rings. The van der Waals surface area contributed by atoms with Gasteiger partial charge in [0.2, 0.25) is 15.9 Å². The van der Waals surface area contributed by atoms with Gasteiger partial charge in [0.1, 0.15) is 0 Å². The molecule has 1 atom stereocenters. The molecule has 0 bridgehead atoms. The fourth-order valence-electron chi connectivity index (χ4n) is 2.80. The van der Waals surface area contributed by atoms with Crippen LogP contribution in [0.2, 0.25) is 0 Å². The Hall–Kier alpha value is -1.35. The van der Waals surface area contributed by atoms with Gasteiger partial charge in [-0.3, -0.25) is 4.79 Å². The van der Waals surface area contributed by atoms with Crippen molar-refractivity contribution in [1.82, 2.24) is 4.31 Å². The summed E-state index contributed by atoms with van der Waals surface area (Å²) < 4.78 is 27.6. The summed E-state index contributed by atoms with van der Waals surface area (Å²) in [6, 6.07) is 14.2. The molecule has 144 valence electrons. The topological polar surface area (TPSA) is 66.5 Å². The Kier molecular flexibility index (Phi) is 6.62. The smallest absolute Gasteiger partial charge is 0.243 e. The SMILES string of the molecule is C[C@@H](Sc1ccc(Br)cc1)C(=O)Nc1ccc(S(=O)(=O)N2CCCC2)cc1. The van der Waals surface area contributed by atoms with E-state index in [1.807, 2.05) is 31.2 Å². The van der Waals surface area contributed by atoms with Crippen molar-refractivity contribution < 1.29 is 13.2 Å². The maximum absolute atomic E-state index is 12.5. The summed E-state index contributed by atoms with van der Waals surface area (Å²) in [6.07, 6.45) is 1.81. The lowest BCUT2D eigenvalue weighted by atomic mass is 10.3. The summed E-state index contributed by atoms with van der Waals surface area (Å²) in [5, 5.41) is 2.57. The van der Waals surface area contributed by atoms with Crippen LogP contribution in [0.15, 0.2) is 62.8 Å². The van der Waals surface area contributed by atoms with E-state index in [4.69, 9.17) is 0 Å². The monoisotopic (exact) mass is 468 g/mol. The van der Waals surface area contributed by atoms with Crippen LogP contribution in [0.25, 0.3) is 0 Å². The molecule has 5 nitrogen and oxygen atoms in total. The molecule has 1 N–H and O–H groups in total. The number of amides is 1. The van der Waals surface area contributed by atoms with E-state index in [0.29, 0.717) is 18.8 Å². The minimum absolute atomic E-state index is 0.127. The zero-order valence-electron chi connectivity index (χ0n) is 14.9. The van der Waals surface area contributed by atoms with Gasteiger partial charge in [-0.25, -0.2) is 8.42 Å². The summed E-state index contributed by atoms with van der Waals surface area (Å²) in [6.45, 7) is 2.99. The van der Waals surface area contributed by atoms with Crippen LogP contribution in [0, 0.1) is 0 Å². The lowest BCUT2D eigenvalue weighted by Crippen LogP contribution is -2.27. The normalized spacial score (nSPS) is 16.2. The van der Waals surface area contributed by atoms with Gasteiger partial charge in [-0.2, -0.15) is 4.31 Å². The summed E-state index contributed by atoms with van der Waals surface area (Å²) in [7, 11) is -3.43. The number of thioether (sulfide) groups is 1. The van der Waals surface area contributed by atoms with Crippen molar-refractivity contribution in [1.29, 1.82) is 0 Å². The molecular weight excluding hydrogens is 448 g/mol. The number of hydrogen-bond donors (Lipinski definition) is 1. The molecule has 0 saturated carbocycles. The Balaban J connectivity index is 1.61. The summed E-state index contributed by atoms with van der Waals surface area (Å²) >= 11 is 4.86. The molecule has 0 aromatic heterocycles. The van der Waals surface area contributed by atoms with Gasteiger partial charge in [0.05, 0.1) is 10.1 Å². The molecule has 2 aromatic carbocycles. The zero-order valence-corrected chi connectivity index (χ0v) is 18.1. The summed E-state index contributed by atoms with van der Waals surface area (Å²) in [5.74, 6) is -0.127. The number of sulfonamides is 1. The molecule has 2 aromatic rings. The number of nitrogens with one attached hydrogen (secondary N) is 1. The van der Waals surface area contributed by atoms with Crippen molar-refractivity contribution >= 4 is 49.3 Å². The van der Waals surface area contributed by atoms with Crippen molar-refractivity contribution in [3.63, 3.8) is 0 Å². The van der Waals surface area contributed by atoms with E-state index in [2.05, 4.69) is 21.2 Å². The van der Waals surface area contributed by atoms with Crippen LogP contribution in [0.3, 0.4) is 0 Å². The predicted octanol–water partition coefficient (Wildman–Crippen LogP) is 4.35. The van der Waals surface area contributed by atoms with Crippen molar-refractivity contribution in [2.45, 2.75) is 34.8 Å². The molecule has 27 heavy (non-hydrogen) atoms. The number of halogens is 1. The molecule has 1 fully saturated rings. The van der Waals surface area contributed by atoms with E-state index in [1.165, 1.54) is 16.1 Å². The largest absolute Gasteiger partial charge is 0.325 e. The van der Waals surface area contributed by atoms with Crippen molar-refractivity contribution in [2.24, 2.45) is 0 Å². The van der Waals surface area contributed by atoms with Gasteiger partial charge < -0.3 is 5.32 Å². The molecule has 3 rings (SSSR count). The molecular formula is C19H21BrN2O3S2. The molecule has 0 spiro atoms. The van der Waals surface area contributed by atoms with Crippen LogP contribution in [-0.4, -0.2) is 37.0 Å². The number of benzene rings is 2. The predicted molar refractivity (Wildman–Crippen MR) is 113 cm³/mol. The third-order valence-electron chi connectivity index (χ3n) is 4.32. The third-order valence-corrected chi connectivity index (χ3v) is 7.87. The van der Waals surface area contributed by atoms with Crippen LogP contribution < -0.4 is 5.32 Å². The van der Waals surface area contributed by atoms with E-state index in [0.717, 1.165) is 22.2 Å². The first kappa shape index (κ1) is 20.4. The number of rotatable bonds is 6. The Morgan fingerprint density at radius 1 is 1.07 bits per heavy atom. The van der Waals surface area contributed by atoms with Gasteiger partial charge in [-0.15, -0.1) is 11.8 Å². The van der Waals surface area contributed by atoms with Crippen molar-refractivity contribution in [3.8, 4) is 0 Å². The molecule has 0 unspecified atom stereocenters. The Bertz CT molecular complexity index is 894. The van der Waals surface area contributed by atoms with Gasteiger partial charge in [0.25, 0.3) is 0 Å². The average Bonchev–Trinajstić information content (AvgIpc) is 3.19. The highest BCUT2D eigenvalue weighted by Gasteiger charge is 2.27. The molecule has 0 radical (unpaired) electrons. The molecule has 1 amide bonds. The Labute approximate surface area is 172 Å². The van der Waals surface area contributed by atoms with Crippen LogP contribution in [0.5, 0.6) is 0 Å². The number of nitrogens with zero attached hydrogens (tertiary/aromatic N) is 1. The maximum atomic E-state index is 12.5. The maximum Gasteiger partial charge on any atom is 0.243 e. The standard InChI is InChI=1S/C19H21BrN2O3S2/c1-14(26-17-8-4-15(20)5-9-17)19(23)21-16-6-10-18(11-7-16)27(24,25)22-12-2-3-13-22/h4-11,14H,2-3,12-13H2,1H3,(H,21,23)/t14-/m1/s1. The highest BCUT2D eigenvalue weighted by atomic mass is 79.9. The fourth-order valence-corrected chi connectivity index (χ4v) is 5.45. The van der Waals surface area contributed by atoms with E-state index in [-0.39, 0.29) is 16.1 Å². The second kappa shape index (κ2) is 8.77. The highest BCUT2D eigenvalue weighted by molar-refractivity contribution is 9.10. The Morgan fingerprint density at radius 3 is 2.26 bits per heavy atom. The zero-order chi connectivity index (χ0) is 19.4. The molecule has 1 saturated heterocycles. The first-order valence-corrected chi connectivity index (χ1v) is 11.8. The lowest BCUT2D eigenvalue weighted by molar-refractivity contribution is -0.115. The lowest BCUT2D eigenvalue weighted by Gasteiger charge is -2.16. The molecule has 0 aliphatic carbocycles. The van der Waals surface area contributed by atoms with Gasteiger partial charge in [-0.05, 0) is 68.3 Å². The first-order valence-electron chi connectivity index (χ1n) is 8.69. The van der Waals surface area contributed by atoms with Crippen molar-refractivity contribution in [2.75, 3.05) is 18.4 Å². The number of carbonyl (C=O) groups excluding carboxylic acids is 1. The van der Waals surface area contributed by atoms with Gasteiger partial charge >= 0.3 is 0 Å². The Morgan fingerprint density at radius 2 is 1.67 bits per heavy atom. The van der Waals surface area contributed by atoms with E-state index >= 15 is 0 Å². The fraction of sp³-hybridized carbons (Fsp3) is 0.316. The van der Waals surface area contributed by atoms with Gasteiger partial charge in [0, 0.05) is 28.1 Å². The average molecular weight is 469 g/mol. The number of hydrogen-bond acceptors (Lipinski definition) is 4. The summed E-state index contributed by atoms with van der Waals surface area (Å²) in [4.78, 5) is 13.7. The van der Waals surface area contributed by atoms with Gasteiger partial charge in [-0.1, -0.05) is 15.9 Å². The van der Waals surface area contributed by atoms with Crippen molar-refractivity contribution in [3.05, 3.63) is 53.0 Å². The van der Waals surface area contributed by atoms with Crippen LogP contribution >= 0.6 is 27.7 Å². The van der Waals surface area contributed by atoms with Crippen LogP contribution in [0.1, 0.15) is 19.8 Å². The second-order valence-corrected chi connectivity index (χ2v) is 10.6. The minimum atomic E-state index is -3.43. The number of anilines is 1. The van der Waals surface area contributed by atoms with Gasteiger partial charge in [0.15, 0.2) is 0 Å². The highest BCUT2D eigenvalue weighted by Crippen LogP contribution is 2.26. The molecule has 1 aliphatic heterocycles. The quantitative estimate of drug-likeness (QED) is 0.639. The van der Waals surface area contributed by atoms with E-state index < -0.39 is 10.0 Å². The molecule has 1 heterocycles. The second-order valence-electron chi connectivity index (χ2n) is 6.34. The van der Waals surface area contributed by atoms with E-state index in [9.17, 15) is 13.2 Å². The van der Waals surface area contributed by atoms with E-state index in [1.54, 1.807) is 24.3 Å². The van der Waals surface area contributed by atoms with Crippen LogP contribution in [-0.2, 0) is 14.8 Å². The minimum Gasteiger partial charge on any atom is -0.325 e. The first-order chi connectivity index (χ1) is 12.9. The number of carbonyl (C=O) groups is 1. The van der Waals surface area contributed by atoms with Crippen LogP contribution in [0.4, 0.5) is 5.69 Å². The third kappa shape index (κ3) is 5.13.